The van der Waals surface area contributed by atoms with Crippen LogP contribution in [0.5, 0.6) is 0 Å². The van der Waals surface area contributed by atoms with Gasteiger partial charge in [0.2, 0.25) is 5.91 Å². The van der Waals surface area contributed by atoms with E-state index in [1.807, 2.05) is 35.2 Å². The Balaban J connectivity index is 1.52. The molecule has 0 radical (unpaired) electrons. The van der Waals surface area contributed by atoms with Crippen molar-refractivity contribution in [3.05, 3.63) is 58.5 Å². The van der Waals surface area contributed by atoms with E-state index < -0.39 is 0 Å². The van der Waals surface area contributed by atoms with E-state index in [1.54, 1.807) is 17.0 Å². The van der Waals surface area contributed by atoms with Crippen molar-refractivity contribution < 1.29 is 14.0 Å². The summed E-state index contributed by atoms with van der Waals surface area (Å²) < 4.78 is 5.89. The van der Waals surface area contributed by atoms with Crippen LogP contribution in [-0.2, 0) is 11.2 Å². The highest BCUT2D eigenvalue weighted by Crippen LogP contribution is 2.17. The first-order chi connectivity index (χ1) is 12.1. The van der Waals surface area contributed by atoms with Crippen LogP contribution in [0.2, 0.25) is 0 Å². The maximum absolute atomic E-state index is 12.5. The molecule has 25 heavy (non-hydrogen) atoms. The Morgan fingerprint density at radius 3 is 2.40 bits per heavy atom. The Kier molecular flexibility index (Phi) is 5.91. The first-order valence-electron chi connectivity index (χ1n) is 8.50. The van der Waals surface area contributed by atoms with Crippen LogP contribution in [0.1, 0.15) is 29.0 Å². The van der Waals surface area contributed by atoms with Gasteiger partial charge < -0.3 is 14.2 Å². The summed E-state index contributed by atoms with van der Waals surface area (Å²) in [6.45, 7) is 2.44. The van der Waals surface area contributed by atoms with Crippen LogP contribution in [0.4, 0.5) is 0 Å². The molecule has 2 heterocycles. The standard InChI is InChI=1S/C19H21BrN2O3/c20-17-9-8-16(25-17)19(24)22-12-4-11-21(13-14-22)18(23)10-7-15-5-2-1-3-6-15/h1-3,5-6,8-9H,4,7,10-14H2. The van der Waals surface area contributed by atoms with E-state index in [1.165, 1.54) is 5.56 Å². The molecule has 2 aromatic rings. The number of benzene rings is 1. The molecule has 0 N–H and O–H groups in total. The summed E-state index contributed by atoms with van der Waals surface area (Å²) in [7, 11) is 0. The largest absolute Gasteiger partial charge is 0.444 e. The van der Waals surface area contributed by atoms with Crippen molar-refractivity contribution >= 4 is 27.7 Å². The van der Waals surface area contributed by atoms with Gasteiger partial charge >= 0.3 is 0 Å². The molecule has 132 valence electrons. The Hall–Kier alpha value is -2.08. The van der Waals surface area contributed by atoms with Crippen molar-refractivity contribution in [2.24, 2.45) is 0 Å². The molecule has 1 aliphatic rings. The molecule has 6 heteroatoms. The molecule has 0 bridgehead atoms. The number of halogens is 1. The second kappa shape index (κ2) is 8.34. The van der Waals surface area contributed by atoms with Crippen molar-refractivity contribution in [1.29, 1.82) is 0 Å². The van der Waals surface area contributed by atoms with Gasteiger partial charge in [-0.05, 0) is 46.5 Å². The minimum Gasteiger partial charge on any atom is -0.444 e. The molecular weight excluding hydrogens is 384 g/mol. The number of nitrogens with zero attached hydrogens (tertiary/aromatic N) is 2. The highest BCUT2D eigenvalue weighted by Gasteiger charge is 2.24. The van der Waals surface area contributed by atoms with Crippen LogP contribution in [-0.4, -0.2) is 47.8 Å². The zero-order valence-electron chi connectivity index (χ0n) is 14.0. The van der Waals surface area contributed by atoms with Gasteiger partial charge in [0.1, 0.15) is 0 Å². The van der Waals surface area contributed by atoms with E-state index in [2.05, 4.69) is 15.9 Å². The predicted octanol–water partition coefficient (Wildman–Crippen LogP) is 3.35. The summed E-state index contributed by atoms with van der Waals surface area (Å²) in [6, 6.07) is 13.4. The van der Waals surface area contributed by atoms with Gasteiger partial charge in [-0.15, -0.1) is 0 Å². The molecule has 1 saturated heterocycles. The van der Waals surface area contributed by atoms with Gasteiger partial charge in [0.05, 0.1) is 0 Å². The van der Waals surface area contributed by atoms with Crippen molar-refractivity contribution in [3.63, 3.8) is 0 Å². The molecule has 5 nitrogen and oxygen atoms in total. The number of hydrogen-bond donors (Lipinski definition) is 0. The zero-order valence-corrected chi connectivity index (χ0v) is 15.6. The Morgan fingerprint density at radius 1 is 0.960 bits per heavy atom. The third-order valence-electron chi connectivity index (χ3n) is 4.39. The summed E-state index contributed by atoms with van der Waals surface area (Å²) in [6.07, 6.45) is 2.03. The van der Waals surface area contributed by atoms with Crippen molar-refractivity contribution in [2.75, 3.05) is 26.2 Å². The molecule has 0 atom stereocenters. The maximum Gasteiger partial charge on any atom is 0.289 e. The smallest absolute Gasteiger partial charge is 0.289 e. The fourth-order valence-corrected chi connectivity index (χ4v) is 3.32. The first-order valence-corrected chi connectivity index (χ1v) is 9.29. The number of amides is 2. The van der Waals surface area contributed by atoms with Crippen LogP contribution in [0.15, 0.2) is 51.6 Å². The third kappa shape index (κ3) is 4.72. The molecule has 1 aromatic heterocycles. The van der Waals surface area contributed by atoms with E-state index in [4.69, 9.17) is 4.42 Å². The van der Waals surface area contributed by atoms with E-state index in [9.17, 15) is 9.59 Å². The van der Waals surface area contributed by atoms with Gasteiger partial charge in [-0.25, -0.2) is 0 Å². The minimum atomic E-state index is -0.121. The van der Waals surface area contributed by atoms with Crippen molar-refractivity contribution in [2.45, 2.75) is 19.3 Å². The Labute approximate surface area is 155 Å². The first kappa shape index (κ1) is 17.7. The molecule has 0 spiro atoms. The predicted molar refractivity (Wildman–Crippen MR) is 98.3 cm³/mol. The molecule has 1 aliphatic heterocycles. The minimum absolute atomic E-state index is 0.121. The van der Waals surface area contributed by atoms with Crippen molar-refractivity contribution in [1.82, 2.24) is 9.80 Å². The quantitative estimate of drug-likeness (QED) is 0.784. The molecule has 1 aromatic carbocycles. The molecule has 0 saturated carbocycles. The lowest BCUT2D eigenvalue weighted by Crippen LogP contribution is -2.37. The topological polar surface area (TPSA) is 53.8 Å². The number of rotatable bonds is 4. The molecular formula is C19H21BrN2O3. The van der Waals surface area contributed by atoms with E-state index in [0.717, 1.165) is 12.8 Å². The number of hydrogen-bond acceptors (Lipinski definition) is 3. The van der Waals surface area contributed by atoms with Crippen LogP contribution in [0.3, 0.4) is 0 Å². The fourth-order valence-electron chi connectivity index (χ4n) is 3.01. The molecule has 0 unspecified atom stereocenters. The van der Waals surface area contributed by atoms with Gasteiger partial charge in [-0.3, -0.25) is 9.59 Å². The van der Waals surface area contributed by atoms with Gasteiger partial charge in [-0.1, -0.05) is 30.3 Å². The lowest BCUT2D eigenvalue weighted by Gasteiger charge is -2.21. The normalized spacial score (nSPS) is 15.1. The number of furan rings is 1. The average molecular weight is 405 g/mol. The van der Waals surface area contributed by atoms with Gasteiger partial charge in [0.15, 0.2) is 10.4 Å². The Morgan fingerprint density at radius 2 is 1.68 bits per heavy atom. The van der Waals surface area contributed by atoms with Crippen LogP contribution in [0.25, 0.3) is 0 Å². The second-order valence-corrected chi connectivity index (χ2v) is 6.90. The van der Waals surface area contributed by atoms with Crippen LogP contribution in [0, 0.1) is 0 Å². The van der Waals surface area contributed by atoms with Gasteiger partial charge in [-0.2, -0.15) is 0 Å². The van der Waals surface area contributed by atoms with Gasteiger partial charge in [0, 0.05) is 32.6 Å². The van der Waals surface area contributed by atoms with Crippen LogP contribution >= 0.6 is 15.9 Å². The summed E-state index contributed by atoms with van der Waals surface area (Å²) in [5, 5.41) is 0. The summed E-state index contributed by atoms with van der Waals surface area (Å²) in [5.41, 5.74) is 1.17. The summed E-state index contributed by atoms with van der Waals surface area (Å²) in [5.74, 6) is 0.360. The van der Waals surface area contributed by atoms with E-state index in [-0.39, 0.29) is 11.8 Å². The molecule has 1 fully saturated rings. The summed E-state index contributed by atoms with van der Waals surface area (Å²) in [4.78, 5) is 28.6. The van der Waals surface area contributed by atoms with Crippen molar-refractivity contribution in [3.8, 4) is 0 Å². The lowest BCUT2D eigenvalue weighted by molar-refractivity contribution is -0.131. The average Bonchev–Trinajstić information content (AvgIpc) is 2.92. The zero-order chi connectivity index (χ0) is 17.6. The maximum atomic E-state index is 12.5. The Bertz CT molecular complexity index is 729. The molecule has 2 amide bonds. The monoisotopic (exact) mass is 404 g/mol. The SMILES string of the molecule is O=C(CCc1ccccc1)N1CCCN(C(=O)c2ccc(Br)o2)CC1. The van der Waals surface area contributed by atoms with E-state index in [0.29, 0.717) is 43.0 Å². The highest BCUT2D eigenvalue weighted by atomic mass is 79.9. The molecule has 3 rings (SSSR count). The lowest BCUT2D eigenvalue weighted by atomic mass is 10.1. The number of carbonyl (C=O) groups excluding carboxylic acids is 2. The van der Waals surface area contributed by atoms with Crippen LogP contribution < -0.4 is 0 Å². The second-order valence-electron chi connectivity index (χ2n) is 6.12. The number of aryl methyl sites for hydroxylation is 1. The third-order valence-corrected chi connectivity index (χ3v) is 4.82. The highest BCUT2D eigenvalue weighted by molar-refractivity contribution is 9.10. The summed E-state index contributed by atoms with van der Waals surface area (Å²) >= 11 is 3.21. The van der Waals surface area contributed by atoms with E-state index >= 15 is 0 Å². The molecule has 0 aliphatic carbocycles. The fraction of sp³-hybridized carbons (Fsp3) is 0.368. The van der Waals surface area contributed by atoms with Gasteiger partial charge in [0.25, 0.3) is 5.91 Å². The number of carbonyl (C=O) groups is 2.